The van der Waals surface area contributed by atoms with Crippen LogP contribution in [-0.2, 0) is 6.61 Å². The number of amides is 2. The van der Waals surface area contributed by atoms with Crippen molar-refractivity contribution in [1.29, 1.82) is 0 Å². The van der Waals surface area contributed by atoms with Crippen molar-refractivity contribution in [3.8, 4) is 5.75 Å². The highest BCUT2D eigenvalue weighted by Crippen LogP contribution is 2.22. The Labute approximate surface area is 168 Å². The molecule has 0 aliphatic carbocycles. The highest BCUT2D eigenvalue weighted by molar-refractivity contribution is 9.10. The van der Waals surface area contributed by atoms with Gasteiger partial charge in [0.1, 0.15) is 18.1 Å². The number of ether oxygens (including phenoxy) is 1. The van der Waals surface area contributed by atoms with Gasteiger partial charge in [0.25, 0.3) is 5.91 Å². The second-order valence-corrected chi connectivity index (χ2v) is 6.84. The zero-order valence-electron chi connectivity index (χ0n) is 13.9. The number of rotatable bonds is 6. The Morgan fingerprint density at radius 1 is 1.11 bits per heavy atom. The first kappa shape index (κ1) is 19.0. The number of primary amides is 1. The maximum atomic E-state index is 12.3. The summed E-state index contributed by atoms with van der Waals surface area (Å²) in [5.74, 6) is 0.224. The first-order valence-electron chi connectivity index (χ1n) is 7.80. The molecule has 0 saturated heterocycles. The number of benzene rings is 2. The van der Waals surface area contributed by atoms with Crippen LogP contribution < -0.4 is 15.8 Å². The minimum Gasteiger partial charge on any atom is -0.486 e. The summed E-state index contributed by atoms with van der Waals surface area (Å²) in [6, 6.07) is 15.0. The molecule has 0 fully saturated rings. The largest absolute Gasteiger partial charge is 0.486 e. The molecule has 0 aliphatic heterocycles. The SMILES string of the molecule is NC(=O)c1ccc(NC(=O)c2ccc(COc3ccc(Br)cc3)o2)cc1Cl. The average Bonchev–Trinajstić information content (AvgIpc) is 3.10. The number of carbonyl (C=O) groups is 2. The highest BCUT2D eigenvalue weighted by atomic mass is 79.9. The van der Waals surface area contributed by atoms with Crippen molar-refractivity contribution >= 4 is 45.0 Å². The fourth-order valence-corrected chi connectivity index (χ4v) is 2.79. The topological polar surface area (TPSA) is 94.6 Å². The third-order valence-corrected chi connectivity index (χ3v) is 4.41. The number of halogens is 2. The maximum Gasteiger partial charge on any atom is 0.291 e. The molecular formula is C19H14BrClN2O4. The molecule has 0 atom stereocenters. The smallest absolute Gasteiger partial charge is 0.291 e. The van der Waals surface area contributed by atoms with Gasteiger partial charge in [0.15, 0.2) is 5.76 Å². The predicted molar refractivity (Wildman–Crippen MR) is 105 cm³/mol. The highest BCUT2D eigenvalue weighted by Gasteiger charge is 2.14. The van der Waals surface area contributed by atoms with Gasteiger partial charge in [-0.2, -0.15) is 0 Å². The van der Waals surface area contributed by atoms with Crippen LogP contribution >= 0.6 is 27.5 Å². The van der Waals surface area contributed by atoms with E-state index < -0.39 is 11.8 Å². The zero-order valence-corrected chi connectivity index (χ0v) is 16.2. The fraction of sp³-hybridized carbons (Fsp3) is 0.0526. The quantitative estimate of drug-likeness (QED) is 0.574. The molecule has 0 bridgehead atoms. The molecular weight excluding hydrogens is 436 g/mol. The standard InChI is InChI=1S/C19H14BrClN2O4/c20-11-1-4-13(5-2-11)26-10-14-6-8-17(27-14)19(25)23-12-3-7-15(18(22)24)16(21)9-12/h1-9H,10H2,(H2,22,24)(H,23,25). The minimum absolute atomic E-state index is 0.125. The summed E-state index contributed by atoms with van der Waals surface area (Å²) in [5.41, 5.74) is 5.79. The summed E-state index contributed by atoms with van der Waals surface area (Å²) in [5, 5.41) is 2.80. The van der Waals surface area contributed by atoms with Crippen molar-refractivity contribution < 1.29 is 18.7 Å². The third kappa shape index (κ3) is 4.90. The first-order chi connectivity index (χ1) is 12.9. The van der Waals surface area contributed by atoms with Gasteiger partial charge in [-0.3, -0.25) is 9.59 Å². The predicted octanol–water partition coefficient (Wildman–Crippen LogP) is 4.63. The average molecular weight is 450 g/mol. The van der Waals surface area contributed by atoms with Crippen LogP contribution in [0.3, 0.4) is 0 Å². The van der Waals surface area contributed by atoms with E-state index in [2.05, 4.69) is 21.2 Å². The van der Waals surface area contributed by atoms with Crippen LogP contribution in [0.4, 0.5) is 5.69 Å². The molecule has 0 unspecified atom stereocenters. The van der Waals surface area contributed by atoms with Gasteiger partial charge in [0.2, 0.25) is 5.91 Å². The Hall–Kier alpha value is -2.77. The van der Waals surface area contributed by atoms with Crippen molar-refractivity contribution in [3.63, 3.8) is 0 Å². The van der Waals surface area contributed by atoms with Gasteiger partial charge in [-0.15, -0.1) is 0 Å². The lowest BCUT2D eigenvalue weighted by atomic mass is 10.2. The summed E-state index contributed by atoms with van der Waals surface area (Å²) in [4.78, 5) is 23.5. The lowest BCUT2D eigenvalue weighted by molar-refractivity contribution is 0.0988. The molecule has 138 valence electrons. The summed E-state index contributed by atoms with van der Waals surface area (Å²) in [6.07, 6.45) is 0. The number of furan rings is 1. The molecule has 2 aromatic carbocycles. The number of nitrogens with two attached hydrogens (primary N) is 1. The summed E-state index contributed by atoms with van der Waals surface area (Å²) >= 11 is 9.33. The Morgan fingerprint density at radius 2 is 1.85 bits per heavy atom. The Kier molecular flexibility index (Phi) is 5.83. The molecule has 6 nitrogen and oxygen atoms in total. The molecule has 2 amide bonds. The second-order valence-electron chi connectivity index (χ2n) is 5.52. The van der Waals surface area contributed by atoms with E-state index in [0.717, 1.165) is 4.47 Å². The first-order valence-corrected chi connectivity index (χ1v) is 8.97. The van der Waals surface area contributed by atoms with Gasteiger partial charge in [-0.25, -0.2) is 0 Å². The lowest BCUT2D eigenvalue weighted by Crippen LogP contribution is -2.13. The molecule has 1 aromatic heterocycles. The summed E-state index contributed by atoms with van der Waals surface area (Å²) in [6.45, 7) is 0.189. The van der Waals surface area contributed by atoms with Crippen LogP contribution in [0.1, 0.15) is 26.7 Å². The monoisotopic (exact) mass is 448 g/mol. The molecule has 8 heteroatoms. The van der Waals surface area contributed by atoms with Gasteiger partial charge in [0, 0.05) is 10.2 Å². The van der Waals surface area contributed by atoms with E-state index in [1.54, 1.807) is 12.1 Å². The number of hydrogen-bond acceptors (Lipinski definition) is 4. The Bertz CT molecular complexity index is 986. The molecule has 0 saturated carbocycles. The Balaban J connectivity index is 1.62. The molecule has 3 N–H and O–H groups in total. The molecule has 27 heavy (non-hydrogen) atoms. The molecule has 0 radical (unpaired) electrons. The van der Waals surface area contributed by atoms with E-state index in [1.807, 2.05) is 24.3 Å². The number of hydrogen-bond donors (Lipinski definition) is 2. The molecule has 0 aliphatic rings. The van der Waals surface area contributed by atoms with Crippen LogP contribution in [-0.4, -0.2) is 11.8 Å². The van der Waals surface area contributed by atoms with Gasteiger partial charge in [-0.1, -0.05) is 27.5 Å². The van der Waals surface area contributed by atoms with Gasteiger partial charge >= 0.3 is 0 Å². The minimum atomic E-state index is -0.640. The summed E-state index contributed by atoms with van der Waals surface area (Å²) in [7, 11) is 0. The van der Waals surface area contributed by atoms with Crippen LogP contribution in [0.5, 0.6) is 5.75 Å². The number of anilines is 1. The van der Waals surface area contributed by atoms with Crippen molar-refractivity contribution in [2.24, 2.45) is 5.73 Å². The fourth-order valence-electron chi connectivity index (χ4n) is 2.25. The van der Waals surface area contributed by atoms with E-state index in [9.17, 15) is 9.59 Å². The van der Waals surface area contributed by atoms with Gasteiger partial charge < -0.3 is 20.2 Å². The van der Waals surface area contributed by atoms with Crippen LogP contribution in [0, 0.1) is 0 Å². The molecule has 1 heterocycles. The molecule has 3 rings (SSSR count). The normalized spacial score (nSPS) is 10.4. The van der Waals surface area contributed by atoms with E-state index in [1.165, 1.54) is 18.2 Å². The van der Waals surface area contributed by atoms with E-state index >= 15 is 0 Å². The van der Waals surface area contributed by atoms with Crippen molar-refractivity contribution in [2.75, 3.05) is 5.32 Å². The van der Waals surface area contributed by atoms with Crippen molar-refractivity contribution in [2.45, 2.75) is 6.61 Å². The van der Waals surface area contributed by atoms with Gasteiger partial charge in [-0.05, 0) is 54.6 Å². The lowest BCUT2D eigenvalue weighted by Gasteiger charge is -2.06. The molecule has 0 spiro atoms. The van der Waals surface area contributed by atoms with Crippen LogP contribution in [0.2, 0.25) is 5.02 Å². The second kappa shape index (κ2) is 8.28. The van der Waals surface area contributed by atoms with Crippen molar-refractivity contribution in [3.05, 3.63) is 81.2 Å². The number of carbonyl (C=O) groups excluding carboxylic acids is 2. The molecule has 3 aromatic rings. The van der Waals surface area contributed by atoms with E-state index in [-0.39, 0.29) is 23.0 Å². The number of nitrogens with one attached hydrogen (secondary N) is 1. The van der Waals surface area contributed by atoms with E-state index in [4.69, 9.17) is 26.5 Å². The maximum absolute atomic E-state index is 12.3. The Morgan fingerprint density at radius 3 is 2.52 bits per heavy atom. The summed E-state index contributed by atoms with van der Waals surface area (Å²) < 4.78 is 12.1. The van der Waals surface area contributed by atoms with Crippen molar-refractivity contribution in [1.82, 2.24) is 0 Å². The zero-order chi connectivity index (χ0) is 19.4. The van der Waals surface area contributed by atoms with Gasteiger partial charge in [0.05, 0.1) is 10.6 Å². The van der Waals surface area contributed by atoms with Crippen LogP contribution in [0.15, 0.2) is 63.5 Å². The third-order valence-electron chi connectivity index (χ3n) is 3.57. The van der Waals surface area contributed by atoms with E-state index in [0.29, 0.717) is 17.2 Å². The van der Waals surface area contributed by atoms with Crippen LogP contribution in [0.25, 0.3) is 0 Å².